The molecule has 2 amide bonds. The Morgan fingerprint density at radius 3 is 2.14 bits per heavy atom. The molecule has 0 radical (unpaired) electrons. The number of piperidine rings is 1. The second-order valence-corrected chi connectivity index (χ2v) is 9.14. The third-order valence-electron chi connectivity index (χ3n) is 7.19. The van der Waals surface area contributed by atoms with E-state index in [2.05, 4.69) is 25.7 Å². The highest BCUT2D eigenvalue weighted by Gasteiger charge is 2.63. The van der Waals surface area contributed by atoms with Gasteiger partial charge in [-0.25, -0.2) is 4.79 Å². The molecule has 0 aromatic carbocycles. The lowest BCUT2D eigenvalue weighted by atomic mass is 9.60. The van der Waals surface area contributed by atoms with Gasteiger partial charge in [0.1, 0.15) is 0 Å². The van der Waals surface area contributed by atoms with Crippen LogP contribution in [0, 0.1) is 23.2 Å². The van der Waals surface area contributed by atoms with E-state index >= 15 is 0 Å². The summed E-state index contributed by atoms with van der Waals surface area (Å²) in [6.07, 6.45) is 2.25. The summed E-state index contributed by atoms with van der Waals surface area (Å²) in [6, 6.07) is 0.965. The number of carbonyl (C=O) groups is 2. The molecule has 4 fully saturated rings. The molecule has 4 aliphatic rings. The minimum Gasteiger partial charge on any atom is -0.450 e. The van der Waals surface area contributed by atoms with E-state index in [9.17, 15) is 9.59 Å². The third kappa shape index (κ3) is 3.64. The number of rotatable bonds is 5. The lowest BCUT2D eigenvalue weighted by molar-refractivity contribution is -0.135. The molecule has 160 valence electrons. The average Bonchev–Trinajstić information content (AvgIpc) is 3.09. The van der Waals surface area contributed by atoms with E-state index in [1.54, 1.807) is 0 Å². The average molecular weight is 394 g/mol. The molecule has 2 heterocycles. The Labute approximate surface area is 170 Å². The van der Waals surface area contributed by atoms with Crippen molar-refractivity contribution in [2.24, 2.45) is 23.2 Å². The van der Waals surface area contributed by atoms with Crippen LogP contribution in [0.1, 0.15) is 54.4 Å². The van der Waals surface area contributed by atoms with E-state index in [1.165, 1.54) is 12.8 Å². The molecule has 2 aliphatic heterocycles. The van der Waals surface area contributed by atoms with Gasteiger partial charge >= 0.3 is 6.09 Å². The number of hydrogen-bond donors (Lipinski definition) is 0. The van der Waals surface area contributed by atoms with Crippen LogP contribution >= 0.6 is 0 Å². The Morgan fingerprint density at radius 1 is 1.11 bits per heavy atom. The fourth-order valence-corrected chi connectivity index (χ4v) is 5.75. The van der Waals surface area contributed by atoms with Gasteiger partial charge in [0.2, 0.25) is 5.91 Å². The zero-order valence-corrected chi connectivity index (χ0v) is 18.6. The van der Waals surface area contributed by atoms with Crippen molar-refractivity contribution in [2.75, 3.05) is 39.3 Å². The van der Waals surface area contributed by atoms with Crippen LogP contribution in [0.25, 0.3) is 0 Å². The van der Waals surface area contributed by atoms with E-state index in [0.29, 0.717) is 41.8 Å². The predicted molar refractivity (Wildman–Crippen MR) is 110 cm³/mol. The molecule has 4 rings (SSSR count). The van der Waals surface area contributed by atoms with Crippen LogP contribution < -0.4 is 0 Å². The molecule has 6 nitrogen and oxygen atoms in total. The second-order valence-electron chi connectivity index (χ2n) is 9.14. The van der Waals surface area contributed by atoms with E-state index < -0.39 is 0 Å². The predicted octanol–water partition coefficient (Wildman–Crippen LogP) is 3.07. The maximum Gasteiger partial charge on any atom is 0.409 e. The van der Waals surface area contributed by atoms with E-state index in [-0.39, 0.29) is 12.0 Å². The first kappa shape index (κ1) is 21.4. The molecule has 2 saturated heterocycles. The van der Waals surface area contributed by atoms with E-state index in [0.717, 1.165) is 32.7 Å². The molecule has 0 N–H and O–H groups in total. The largest absolute Gasteiger partial charge is 0.450 e. The number of nitrogens with zero attached hydrogens (tertiary/aromatic N) is 3. The summed E-state index contributed by atoms with van der Waals surface area (Å²) < 4.78 is 5.07. The Hall–Kier alpha value is -1.30. The van der Waals surface area contributed by atoms with Gasteiger partial charge in [-0.3, -0.25) is 9.69 Å². The zero-order chi connectivity index (χ0) is 20.6. The lowest BCUT2D eigenvalue weighted by Gasteiger charge is -2.60. The third-order valence-corrected chi connectivity index (χ3v) is 7.19. The summed E-state index contributed by atoms with van der Waals surface area (Å²) in [5.74, 6) is 1.84. The monoisotopic (exact) mass is 393 g/mol. The first-order chi connectivity index (χ1) is 13.4. The molecule has 2 unspecified atom stereocenters. The fraction of sp³-hybridized carbons (Fsp3) is 0.909. The van der Waals surface area contributed by atoms with Crippen molar-refractivity contribution in [3.05, 3.63) is 0 Å². The van der Waals surface area contributed by atoms with Crippen molar-refractivity contribution >= 4 is 12.0 Å². The van der Waals surface area contributed by atoms with Crippen LogP contribution in [0.3, 0.4) is 0 Å². The van der Waals surface area contributed by atoms with Crippen molar-refractivity contribution < 1.29 is 14.3 Å². The normalized spacial score (nSPS) is 30.1. The maximum absolute atomic E-state index is 12.7. The van der Waals surface area contributed by atoms with Gasteiger partial charge < -0.3 is 14.5 Å². The van der Waals surface area contributed by atoms with Crippen LogP contribution in [0.4, 0.5) is 4.79 Å². The highest BCUT2D eigenvalue weighted by Crippen LogP contribution is 2.57. The molecule has 0 bridgehead atoms. The van der Waals surface area contributed by atoms with Gasteiger partial charge in [-0.2, -0.15) is 0 Å². The minimum absolute atomic E-state index is 0.157. The Morgan fingerprint density at radius 2 is 1.68 bits per heavy atom. The highest BCUT2D eigenvalue weighted by molar-refractivity contribution is 5.83. The number of amides is 2. The van der Waals surface area contributed by atoms with Gasteiger partial charge in [-0.1, -0.05) is 13.8 Å². The summed E-state index contributed by atoms with van der Waals surface area (Å²) >= 11 is 0. The Kier molecular flexibility index (Phi) is 6.28. The number of carbonyl (C=O) groups excluding carboxylic acids is 2. The van der Waals surface area contributed by atoms with Gasteiger partial charge in [0.15, 0.2) is 0 Å². The molecule has 0 aromatic heterocycles. The van der Waals surface area contributed by atoms with Gasteiger partial charge in [0.25, 0.3) is 0 Å². The Bertz CT molecular complexity index is 568. The molecule has 2 atom stereocenters. The van der Waals surface area contributed by atoms with Crippen LogP contribution in [0.2, 0.25) is 0 Å². The SMILES string of the molecule is CC.CCOC(=O)N1CC2(CC(N3CC4C(C3)C4C(=O)N(CC)C(C)C)C2)C1. The zero-order valence-electron chi connectivity index (χ0n) is 18.6. The standard InChI is InChI=1S/C20H33N3O3.C2H6/c1-5-23(13(3)4)18(24)17-15-9-21(10-16(15)17)14-7-20(8-14)11-22(12-20)19(25)26-6-2;1-2/h13-17H,5-12H2,1-4H3;1-2H3. The molecule has 2 aliphatic carbocycles. The quantitative estimate of drug-likeness (QED) is 0.720. The van der Waals surface area contributed by atoms with Crippen molar-refractivity contribution in [1.29, 1.82) is 0 Å². The molecule has 6 heteroatoms. The number of ether oxygens (including phenoxy) is 1. The van der Waals surface area contributed by atoms with Gasteiger partial charge in [-0.05, 0) is 52.4 Å². The fourth-order valence-electron chi connectivity index (χ4n) is 5.75. The first-order valence-corrected chi connectivity index (χ1v) is 11.4. The molecule has 28 heavy (non-hydrogen) atoms. The highest BCUT2D eigenvalue weighted by atomic mass is 16.6. The lowest BCUT2D eigenvalue weighted by Crippen LogP contribution is -2.67. The van der Waals surface area contributed by atoms with Crippen molar-refractivity contribution in [1.82, 2.24) is 14.7 Å². The first-order valence-electron chi connectivity index (χ1n) is 11.4. The van der Waals surface area contributed by atoms with Crippen LogP contribution in [-0.4, -0.2) is 78.1 Å². The smallest absolute Gasteiger partial charge is 0.409 e. The summed E-state index contributed by atoms with van der Waals surface area (Å²) in [5.41, 5.74) is 0.357. The van der Waals surface area contributed by atoms with Crippen LogP contribution in [0.5, 0.6) is 0 Å². The maximum atomic E-state index is 12.7. The molecular weight excluding hydrogens is 354 g/mol. The topological polar surface area (TPSA) is 53.1 Å². The molecule has 1 spiro atoms. The Balaban J connectivity index is 0.00000109. The van der Waals surface area contributed by atoms with Crippen molar-refractivity contribution in [3.63, 3.8) is 0 Å². The minimum atomic E-state index is -0.157. The second kappa shape index (κ2) is 8.21. The summed E-state index contributed by atoms with van der Waals surface area (Å²) in [7, 11) is 0. The van der Waals surface area contributed by atoms with E-state index in [4.69, 9.17) is 4.74 Å². The molecular formula is C22H39N3O3. The van der Waals surface area contributed by atoms with Crippen LogP contribution in [0.15, 0.2) is 0 Å². The van der Waals surface area contributed by atoms with Crippen LogP contribution in [-0.2, 0) is 9.53 Å². The van der Waals surface area contributed by atoms with Gasteiger partial charge in [0.05, 0.1) is 6.61 Å². The van der Waals surface area contributed by atoms with Crippen molar-refractivity contribution in [2.45, 2.75) is 66.5 Å². The summed E-state index contributed by atoms with van der Waals surface area (Å²) in [6.45, 7) is 17.3. The van der Waals surface area contributed by atoms with E-state index in [1.807, 2.05) is 30.6 Å². The van der Waals surface area contributed by atoms with Gasteiger partial charge in [-0.15, -0.1) is 0 Å². The summed E-state index contributed by atoms with van der Waals surface area (Å²) in [4.78, 5) is 30.9. The molecule has 2 saturated carbocycles. The number of likely N-dealkylation sites (tertiary alicyclic amines) is 2. The number of fused-ring (bicyclic) bond motifs is 1. The van der Waals surface area contributed by atoms with Crippen molar-refractivity contribution in [3.8, 4) is 0 Å². The van der Waals surface area contributed by atoms with Gasteiger partial charge in [0, 0.05) is 56.1 Å². The summed E-state index contributed by atoms with van der Waals surface area (Å²) in [5, 5.41) is 0. The number of hydrogen-bond acceptors (Lipinski definition) is 4. The molecule has 0 aromatic rings.